The van der Waals surface area contributed by atoms with Crippen LogP contribution in [0.2, 0.25) is 0 Å². The summed E-state index contributed by atoms with van der Waals surface area (Å²) in [6, 6.07) is 6.98. The molecule has 0 aromatic heterocycles. The standard InChI is InChI=1S/C21H32N2O3S/c1-27(25,26)16-18-9-8-10-19(15-18)20(24)22-17-21(11-4-2-5-12-21)23-13-6-3-7-14-23/h8-10,15H,2-7,11-14,16-17H2,1H3,(H,22,24). The summed E-state index contributed by atoms with van der Waals surface area (Å²) in [5.74, 6) is -0.140. The monoisotopic (exact) mass is 392 g/mol. The van der Waals surface area contributed by atoms with Crippen molar-refractivity contribution < 1.29 is 13.2 Å². The lowest BCUT2D eigenvalue weighted by Crippen LogP contribution is -2.58. The highest BCUT2D eigenvalue weighted by atomic mass is 32.2. The van der Waals surface area contributed by atoms with E-state index in [1.807, 2.05) is 0 Å². The molecule has 0 bridgehead atoms. The summed E-state index contributed by atoms with van der Waals surface area (Å²) >= 11 is 0. The van der Waals surface area contributed by atoms with E-state index in [1.165, 1.54) is 44.8 Å². The van der Waals surface area contributed by atoms with Crippen LogP contribution in [0.4, 0.5) is 0 Å². The fraction of sp³-hybridized carbons (Fsp3) is 0.667. The summed E-state index contributed by atoms with van der Waals surface area (Å²) in [5.41, 5.74) is 1.30. The molecule has 150 valence electrons. The number of rotatable bonds is 6. The number of hydrogen-bond acceptors (Lipinski definition) is 4. The van der Waals surface area contributed by atoms with Crippen LogP contribution >= 0.6 is 0 Å². The van der Waals surface area contributed by atoms with Crippen LogP contribution in [0, 0.1) is 0 Å². The van der Waals surface area contributed by atoms with Gasteiger partial charge in [-0.25, -0.2) is 8.42 Å². The van der Waals surface area contributed by atoms with Crippen molar-refractivity contribution in [3.05, 3.63) is 35.4 Å². The number of nitrogens with one attached hydrogen (secondary N) is 1. The molecule has 3 rings (SSSR count). The minimum atomic E-state index is -3.11. The van der Waals surface area contributed by atoms with Gasteiger partial charge in [0, 0.05) is 23.9 Å². The van der Waals surface area contributed by atoms with Crippen LogP contribution in [0.15, 0.2) is 24.3 Å². The fourth-order valence-corrected chi connectivity index (χ4v) is 5.42. The molecule has 1 amide bonds. The molecular weight excluding hydrogens is 360 g/mol. The number of amides is 1. The van der Waals surface area contributed by atoms with Crippen molar-refractivity contribution in [1.82, 2.24) is 10.2 Å². The van der Waals surface area contributed by atoms with E-state index in [1.54, 1.807) is 24.3 Å². The number of likely N-dealkylation sites (tertiary alicyclic amines) is 1. The molecule has 1 aromatic carbocycles. The molecule has 2 aliphatic rings. The molecule has 0 spiro atoms. The molecule has 1 aliphatic heterocycles. The highest BCUT2D eigenvalue weighted by Crippen LogP contribution is 2.35. The van der Waals surface area contributed by atoms with E-state index in [4.69, 9.17) is 0 Å². The van der Waals surface area contributed by atoms with Crippen molar-refractivity contribution in [3.63, 3.8) is 0 Å². The summed E-state index contributed by atoms with van der Waals surface area (Å²) < 4.78 is 23.1. The normalized spacial score (nSPS) is 20.9. The number of hydrogen-bond donors (Lipinski definition) is 1. The van der Waals surface area contributed by atoms with Gasteiger partial charge >= 0.3 is 0 Å². The first kappa shape index (κ1) is 20.3. The van der Waals surface area contributed by atoms with E-state index in [2.05, 4.69) is 10.2 Å². The van der Waals surface area contributed by atoms with Crippen molar-refractivity contribution >= 4 is 15.7 Å². The molecule has 6 heteroatoms. The Morgan fingerprint density at radius 3 is 2.41 bits per heavy atom. The van der Waals surface area contributed by atoms with Crippen LogP contribution in [0.3, 0.4) is 0 Å². The Labute approximate surface area is 163 Å². The van der Waals surface area contributed by atoms with Gasteiger partial charge in [-0.05, 0) is 56.5 Å². The highest BCUT2D eigenvalue weighted by Gasteiger charge is 2.38. The van der Waals surface area contributed by atoms with Gasteiger partial charge in [-0.1, -0.05) is 37.8 Å². The Balaban J connectivity index is 1.68. The van der Waals surface area contributed by atoms with Crippen LogP contribution in [-0.2, 0) is 15.6 Å². The van der Waals surface area contributed by atoms with E-state index in [0.29, 0.717) is 17.7 Å². The third-order valence-corrected chi connectivity index (χ3v) is 6.86. The van der Waals surface area contributed by atoms with E-state index >= 15 is 0 Å². The van der Waals surface area contributed by atoms with Gasteiger partial charge in [-0.2, -0.15) is 0 Å². The van der Waals surface area contributed by atoms with Crippen molar-refractivity contribution in [2.24, 2.45) is 0 Å². The van der Waals surface area contributed by atoms with Crippen molar-refractivity contribution in [3.8, 4) is 0 Å². The summed E-state index contributed by atoms with van der Waals surface area (Å²) in [6.07, 6.45) is 11.1. The second kappa shape index (κ2) is 8.74. The van der Waals surface area contributed by atoms with Gasteiger partial charge in [-0.3, -0.25) is 9.69 Å². The highest BCUT2D eigenvalue weighted by molar-refractivity contribution is 7.89. The van der Waals surface area contributed by atoms with Crippen LogP contribution in [0.1, 0.15) is 67.3 Å². The number of piperidine rings is 1. The molecule has 0 atom stereocenters. The Morgan fingerprint density at radius 2 is 1.74 bits per heavy atom. The Kier molecular flexibility index (Phi) is 6.58. The van der Waals surface area contributed by atoms with Crippen LogP contribution in [0.5, 0.6) is 0 Å². The zero-order valence-corrected chi connectivity index (χ0v) is 17.2. The Morgan fingerprint density at radius 1 is 1.07 bits per heavy atom. The maximum absolute atomic E-state index is 12.8. The Hall–Kier alpha value is -1.40. The number of carbonyl (C=O) groups is 1. The third kappa shape index (κ3) is 5.55. The number of nitrogens with zero attached hydrogens (tertiary/aromatic N) is 1. The van der Waals surface area contributed by atoms with Crippen LogP contribution in [0.25, 0.3) is 0 Å². The zero-order valence-electron chi connectivity index (χ0n) is 16.4. The molecule has 1 N–H and O–H groups in total. The molecule has 2 fully saturated rings. The van der Waals surface area contributed by atoms with Crippen molar-refractivity contribution in [2.75, 3.05) is 25.9 Å². The molecule has 1 aliphatic carbocycles. The number of benzene rings is 1. The van der Waals surface area contributed by atoms with Crippen LogP contribution in [-0.4, -0.2) is 50.7 Å². The van der Waals surface area contributed by atoms with Gasteiger partial charge in [-0.15, -0.1) is 0 Å². The minimum absolute atomic E-state index is 0.0359. The first-order valence-electron chi connectivity index (χ1n) is 10.2. The van der Waals surface area contributed by atoms with Gasteiger partial charge in [0.25, 0.3) is 5.91 Å². The van der Waals surface area contributed by atoms with E-state index in [-0.39, 0.29) is 17.2 Å². The van der Waals surface area contributed by atoms with E-state index in [0.717, 1.165) is 25.9 Å². The maximum Gasteiger partial charge on any atom is 0.251 e. The number of sulfone groups is 1. The lowest BCUT2D eigenvalue weighted by Gasteiger charge is -2.48. The second-order valence-corrected chi connectivity index (χ2v) is 10.4. The third-order valence-electron chi connectivity index (χ3n) is 6.01. The molecule has 5 nitrogen and oxygen atoms in total. The largest absolute Gasteiger partial charge is 0.350 e. The van der Waals surface area contributed by atoms with Crippen LogP contribution < -0.4 is 5.32 Å². The smallest absolute Gasteiger partial charge is 0.251 e. The van der Waals surface area contributed by atoms with Gasteiger partial charge < -0.3 is 5.32 Å². The topological polar surface area (TPSA) is 66.5 Å². The molecule has 1 saturated heterocycles. The first-order chi connectivity index (χ1) is 12.9. The van der Waals surface area contributed by atoms with Crippen molar-refractivity contribution in [1.29, 1.82) is 0 Å². The predicted molar refractivity (Wildman–Crippen MR) is 109 cm³/mol. The SMILES string of the molecule is CS(=O)(=O)Cc1cccc(C(=O)NCC2(N3CCCCC3)CCCCC2)c1. The van der Waals surface area contributed by atoms with E-state index in [9.17, 15) is 13.2 Å². The van der Waals surface area contributed by atoms with E-state index < -0.39 is 9.84 Å². The molecule has 1 heterocycles. The summed E-state index contributed by atoms with van der Waals surface area (Å²) in [4.78, 5) is 15.4. The second-order valence-electron chi connectivity index (χ2n) is 8.29. The zero-order chi connectivity index (χ0) is 19.3. The molecule has 0 radical (unpaired) electrons. The number of carbonyl (C=O) groups excluding carboxylic acids is 1. The lowest BCUT2D eigenvalue weighted by atomic mass is 9.79. The quantitative estimate of drug-likeness (QED) is 0.808. The molecule has 1 aromatic rings. The predicted octanol–water partition coefficient (Wildman–Crippen LogP) is 3.15. The first-order valence-corrected chi connectivity index (χ1v) is 12.2. The summed E-state index contributed by atoms with van der Waals surface area (Å²) in [7, 11) is -3.11. The molecule has 0 unspecified atom stereocenters. The van der Waals surface area contributed by atoms with Crippen molar-refractivity contribution in [2.45, 2.75) is 62.7 Å². The lowest BCUT2D eigenvalue weighted by molar-refractivity contribution is 0.0326. The minimum Gasteiger partial charge on any atom is -0.350 e. The summed E-state index contributed by atoms with van der Waals surface area (Å²) in [5, 5.41) is 3.17. The maximum atomic E-state index is 12.8. The summed E-state index contributed by atoms with van der Waals surface area (Å²) in [6.45, 7) is 2.96. The molecule has 27 heavy (non-hydrogen) atoms. The van der Waals surface area contributed by atoms with Gasteiger partial charge in [0.05, 0.1) is 5.75 Å². The fourth-order valence-electron chi connectivity index (χ4n) is 4.63. The Bertz CT molecular complexity index is 748. The average molecular weight is 393 g/mol. The van der Waals surface area contributed by atoms with Gasteiger partial charge in [0.15, 0.2) is 9.84 Å². The average Bonchev–Trinajstić information content (AvgIpc) is 2.66. The van der Waals surface area contributed by atoms with Gasteiger partial charge in [0.1, 0.15) is 0 Å². The molecule has 1 saturated carbocycles. The molecular formula is C21H32N2O3S. The van der Waals surface area contributed by atoms with Gasteiger partial charge in [0.2, 0.25) is 0 Å².